The SMILES string of the molecule is C#CCN1CCC(C(=O)NC[C@H]2CCN(c3cccc(Br)c3)C2)CC1. The Morgan fingerprint density at radius 1 is 1.28 bits per heavy atom. The number of terminal acetylenes is 1. The minimum absolute atomic E-state index is 0.150. The summed E-state index contributed by atoms with van der Waals surface area (Å²) in [5.41, 5.74) is 1.25. The van der Waals surface area contributed by atoms with E-state index in [1.165, 1.54) is 5.69 Å². The number of rotatable bonds is 5. The van der Waals surface area contributed by atoms with Crippen molar-refractivity contribution in [3.05, 3.63) is 28.7 Å². The minimum atomic E-state index is 0.150. The van der Waals surface area contributed by atoms with Gasteiger partial charge in [0.15, 0.2) is 0 Å². The van der Waals surface area contributed by atoms with Crippen LogP contribution >= 0.6 is 15.9 Å². The Kier molecular flexibility index (Phi) is 6.39. The van der Waals surface area contributed by atoms with Crippen molar-refractivity contribution in [3.8, 4) is 12.3 Å². The van der Waals surface area contributed by atoms with E-state index < -0.39 is 0 Å². The summed E-state index contributed by atoms with van der Waals surface area (Å²) in [6.07, 6.45) is 8.33. The fourth-order valence-electron chi connectivity index (χ4n) is 3.78. The zero-order valence-corrected chi connectivity index (χ0v) is 16.2. The van der Waals surface area contributed by atoms with Crippen LogP contribution in [-0.4, -0.2) is 50.1 Å². The molecule has 2 aliphatic heterocycles. The number of benzene rings is 1. The first-order chi connectivity index (χ1) is 12.2. The van der Waals surface area contributed by atoms with Crippen LogP contribution < -0.4 is 10.2 Å². The van der Waals surface area contributed by atoms with Gasteiger partial charge in [0.05, 0.1) is 6.54 Å². The van der Waals surface area contributed by atoms with Gasteiger partial charge in [-0.25, -0.2) is 0 Å². The Hall–Kier alpha value is -1.51. The predicted octanol–water partition coefficient (Wildman–Crippen LogP) is 2.74. The molecule has 1 aromatic rings. The van der Waals surface area contributed by atoms with E-state index in [1.807, 2.05) is 6.07 Å². The molecule has 134 valence electrons. The highest BCUT2D eigenvalue weighted by molar-refractivity contribution is 9.10. The summed E-state index contributed by atoms with van der Waals surface area (Å²) < 4.78 is 1.11. The molecule has 1 N–H and O–H groups in total. The Morgan fingerprint density at radius 2 is 2.08 bits per heavy atom. The Morgan fingerprint density at radius 3 is 2.80 bits per heavy atom. The number of hydrogen-bond acceptors (Lipinski definition) is 3. The highest BCUT2D eigenvalue weighted by atomic mass is 79.9. The van der Waals surface area contributed by atoms with Crippen molar-refractivity contribution in [2.75, 3.05) is 44.2 Å². The molecule has 1 atom stereocenters. The topological polar surface area (TPSA) is 35.6 Å². The number of piperidine rings is 1. The van der Waals surface area contributed by atoms with E-state index in [0.717, 1.165) is 56.5 Å². The third-order valence-electron chi connectivity index (χ3n) is 5.30. The Balaban J connectivity index is 1.41. The fraction of sp³-hybridized carbons (Fsp3) is 0.550. The van der Waals surface area contributed by atoms with Crippen molar-refractivity contribution in [2.45, 2.75) is 19.3 Å². The van der Waals surface area contributed by atoms with Gasteiger partial charge in [0.1, 0.15) is 0 Å². The molecule has 0 spiro atoms. The highest BCUT2D eigenvalue weighted by Gasteiger charge is 2.27. The molecule has 5 heteroatoms. The summed E-state index contributed by atoms with van der Waals surface area (Å²) in [5, 5.41) is 3.19. The van der Waals surface area contributed by atoms with Gasteiger partial charge < -0.3 is 10.2 Å². The van der Waals surface area contributed by atoms with Gasteiger partial charge >= 0.3 is 0 Å². The maximum atomic E-state index is 12.4. The third-order valence-corrected chi connectivity index (χ3v) is 5.79. The second-order valence-corrected chi connectivity index (χ2v) is 8.00. The molecule has 1 aromatic carbocycles. The molecular weight excluding hydrogens is 378 g/mol. The average molecular weight is 404 g/mol. The third kappa shape index (κ3) is 4.99. The largest absolute Gasteiger partial charge is 0.371 e. The zero-order chi connectivity index (χ0) is 17.6. The number of nitrogens with one attached hydrogen (secondary N) is 1. The van der Waals surface area contributed by atoms with Crippen molar-refractivity contribution < 1.29 is 4.79 Å². The van der Waals surface area contributed by atoms with Crippen LogP contribution in [0.4, 0.5) is 5.69 Å². The second kappa shape index (κ2) is 8.73. The van der Waals surface area contributed by atoms with Gasteiger partial charge in [-0.3, -0.25) is 9.69 Å². The van der Waals surface area contributed by atoms with E-state index in [-0.39, 0.29) is 11.8 Å². The molecule has 25 heavy (non-hydrogen) atoms. The van der Waals surface area contributed by atoms with Gasteiger partial charge in [0.25, 0.3) is 0 Å². The van der Waals surface area contributed by atoms with Gasteiger partial charge in [-0.2, -0.15) is 0 Å². The van der Waals surface area contributed by atoms with Crippen molar-refractivity contribution in [1.82, 2.24) is 10.2 Å². The van der Waals surface area contributed by atoms with E-state index >= 15 is 0 Å². The van der Waals surface area contributed by atoms with E-state index in [4.69, 9.17) is 6.42 Å². The van der Waals surface area contributed by atoms with Crippen LogP contribution in [0, 0.1) is 24.2 Å². The molecule has 2 fully saturated rings. The molecule has 1 amide bonds. The van der Waals surface area contributed by atoms with Crippen LogP contribution in [0.2, 0.25) is 0 Å². The summed E-state index contributed by atoms with van der Waals surface area (Å²) in [6, 6.07) is 8.42. The predicted molar refractivity (Wildman–Crippen MR) is 105 cm³/mol. The van der Waals surface area contributed by atoms with Crippen LogP contribution in [0.5, 0.6) is 0 Å². The van der Waals surface area contributed by atoms with Crippen molar-refractivity contribution >= 4 is 27.5 Å². The van der Waals surface area contributed by atoms with Gasteiger partial charge in [0.2, 0.25) is 5.91 Å². The van der Waals surface area contributed by atoms with Crippen molar-refractivity contribution in [3.63, 3.8) is 0 Å². The molecule has 2 aliphatic rings. The number of likely N-dealkylation sites (tertiary alicyclic amines) is 1. The van der Waals surface area contributed by atoms with Crippen LogP contribution in [0.1, 0.15) is 19.3 Å². The van der Waals surface area contributed by atoms with Gasteiger partial charge in [-0.05, 0) is 56.5 Å². The number of carbonyl (C=O) groups is 1. The summed E-state index contributed by atoms with van der Waals surface area (Å²) in [7, 11) is 0. The maximum absolute atomic E-state index is 12.4. The first-order valence-electron chi connectivity index (χ1n) is 9.09. The molecule has 3 rings (SSSR count). The second-order valence-electron chi connectivity index (χ2n) is 7.08. The van der Waals surface area contributed by atoms with Gasteiger partial charge in [0, 0.05) is 35.7 Å². The lowest BCUT2D eigenvalue weighted by atomic mass is 9.95. The Labute approximate surface area is 159 Å². The monoisotopic (exact) mass is 403 g/mol. The molecular formula is C20H26BrN3O. The van der Waals surface area contributed by atoms with Crippen LogP contribution in [0.25, 0.3) is 0 Å². The van der Waals surface area contributed by atoms with E-state index in [9.17, 15) is 4.79 Å². The number of halogens is 1. The molecule has 0 saturated carbocycles. The number of anilines is 1. The summed E-state index contributed by atoms with van der Waals surface area (Å²) in [5.74, 6) is 3.59. The maximum Gasteiger partial charge on any atom is 0.223 e. The first-order valence-corrected chi connectivity index (χ1v) is 9.89. The zero-order valence-electron chi connectivity index (χ0n) is 14.6. The summed E-state index contributed by atoms with van der Waals surface area (Å²) in [6.45, 7) is 5.42. The molecule has 0 aliphatic carbocycles. The molecule has 2 saturated heterocycles. The smallest absolute Gasteiger partial charge is 0.223 e. The quantitative estimate of drug-likeness (QED) is 0.767. The van der Waals surface area contributed by atoms with Crippen LogP contribution in [-0.2, 0) is 4.79 Å². The van der Waals surface area contributed by atoms with Gasteiger partial charge in [-0.15, -0.1) is 6.42 Å². The van der Waals surface area contributed by atoms with Crippen LogP contribution in [0.3, 0.4) is 0 Å². The van der Waals surface area contributed by atoms with E-state index in [1.54, 1.807) is 0 Å². The lowest BCUT2D eigenvalue weighted by Gasteiger charge is -2.30. The number of nitrogens with zero attached hydrogens (tertiary/aromatic N) is 2. The highest BCUT2D eigenvalue weighted by Crippen LogP contribution is 2.26. The number of amides is 1. The average Bonchev–Trinajstić information content (AvgIpc) is 3.10. The molecule has 4 nitrogen and oxygen atoms in total. The van der Waals surface area contributed by atoms with Crippen LogP contribution in [0.15, 0.2) is 28.7 Å². The van der Waals surface area contributed by atoms with E-state index in [0.29, 0.717) is 12.5 Å². The lowest BCUT2D eigenvalue weighted by molar-refractivity contribution is -0.126. The van der Waals surface area contributed by atoms with E-state index in [2.05, 4.69) is 55.2 Å². The fourth-order valence-corrected chi connectivity index (χ4v) is 4.17. The Bertz CT molecular complexity index is 634. The summed E-state index contributed by atoms with van der Waals surface area (Å²) >= 11 is 3.53. The van der Waals surface area contributed by atoms with Crippen molar-refractivity contribution in [2.24, 2.45) is 11.8 Å². The minimum Gasteiger partial charge on any atom is -0.371 e. The van der Waals surface area contributed by atoms with Gasteiger partial charge in [-0.1, -0.05) is 27.9 Å². The summed E-state index contributed by atoms with van der Waals surface area (Å²) in [4.78, 5) is 17.1. The number of carbonyl (C=O) groups excluding carboxylic acids is 1. The van der Waals surface area contributed by atoms with Crippen molar-refractivity contribution in [1.29, 1.82) is 0 Å². The molecule has 0 aromatic heterocycles. The molecule has 0 bridgehead atoms. The molecule has 0 radical (unpaired) electrons. The lowest BCUT2D eigenvalue weighted by Crippen LogP contribution is -2.42. The molecule has 0 unspecified atom stereocenters. The molecule has 2 heterocycles. The number of hydrogen-bond donors (Lipinski definition) is 1. The standard InChI is InChI=1S/C20H26BrN3O/c1-2-9-23-10-7-17(8-11-23)20(25)22-14-16-6-12-24(15-16)19-5-3-4-18(21)13-19/h1,3-5,13,16-17H,6-12,14-15H2,(H,22,25)/t16-/m1/s1. The first kappa shape index (κ1) is 18.3. The normalized spacial score (nSPS) is 21.9.